The maximum absolute atomic E-state index is 12.7. The Kier molecular flexibility index (Phi) is 4.76. The van der Waals surface area contributed by atoms with Crippen LogP contribution in [0.3, 0.4) is 0 Å². The summed E-state index contributed by atoms with van der Waals surface area (Å²) in [7, 11) is 0. The molecule has 0 saturated carbocycles. The lowest BCUT2D eigenvalue weighted by Crippen LogP contribution is -2.52. The fourth-order valence-electron chi connectivity index (χ4n) is 3.38. The van der Waals surface area contributed by atoms with Gasteiger partial charge in [-0.3, -0.25) is 9.69 Å². The highest BCUT2D eigenvalue weighted by Crippen LogP contribution is 2.27. The topological polar surface area (TPSA) is 20.3 Å². The Labute approximate surface area is 116 Å². The summed E-state index contributed by atoms with van der Waals surface area (Å²) in [5.41, 5.74) is 0.847. The fraction of sp³-hybridized carbons (Fsp3) is 0.588. The highest BCUT2D eigenvalue weighted by atomic mass is 16.1. The largest absolute Gasteiger partial charge is 0.292 e. The predicted molar refractivity (Wildman–Crippen MR) is 79.5 cm³/mol. The lowest BCUT2D eigenvalue weighted by molar-refractivity contribution is 0.0432. The first kappa shape index (κ1) is 14.3. The van der Waals surface area contributed by atoms with Crippen LogP contribution in [0.5, 0.6) is 0 Å². The lowest BCUT2D eigenvalue weighted by Gasteiger charge is -2.43. The van der Waals surface area contributed by atoms with Gasteiger partial charge in [0, 0.05) is 17.6 Å². The minimum atomic E-state index is 0.0349. The molecule has 0 spiro atoms. The molecule has 1 aromatic carbocycles. The van der Waals surface area contributed by atoms with E-state index in [1.807, 2.05) is 30.3 Å². The Morgan fingerprint density at radius 3 is 2.32 bits per heavy atom. The van der Waals surface area contributed by atoms with Crippen molar-refractivity contribution in [3.05, 3.63) is 35.9 Å². The average Bonchev–Trinajstić information content (AvgIpc) is 2.43. The molecular weight excluding hydrogens is 234 g/mol. The molecule has 0 amide bonds. The molecule has 1 unspecified atom stereocenters. The van der Waals surface area contributed by atoms with E-state index in [2.05, 4.69) is 25.7 Å². The van der Waals surface area contributed by atoms with Crippen molar-refractivity contribution in [2.24, 2.45) is 0 Å². The molecule has 0 aromatic heterocycles. The maximum Gasteiger partial charge on any atom is 0.179 e. The monoisotopic (exact) mass is 259 g/mol. The molecule has 2 rings (SSSR count). The molecule has 19 heavy (non-hydrogen) atoms. The van der Waals surface area contributed by atoms with Crippen molar-refractivity contribution in [3.63, 3.8) is 0 Å². The second-order valence-electron chi connectivity index (χ2n) is 5.73. The average molecular weight is 259 g/mol. The number of carbonyl (C=O) groups is 1. The van der Waals surface area contributed by atoms with Crippen molar-refractivity contribution >= 4 is 5.78 Å². The zero-order valence-electron chi connectivity index (χ0n) is 12.3. The van der Waals surface area contributed by atoms with Gasteiger partial charge in [-0.1, -0.05) is 43.7 Å². The molecule has 2 heteroatoms. The molecule has 0 bridgehead atoms. The van der Waals surface area contributed by atoms with Gasteiger partial charge in [0.05, 0.1) is 6.04 Å². The molecule has 1 heterocycles. The SMILES string of the molecule is CCC(C(=O)c1ccccc1)N1[C@H](C)CCC[C@@H]1C. The molecule has 1 aliphatic rings. The fourth-order valence-corrected chi connectivity index (χ4v) is 3.38. The van der Waals surface area contributed by atoms with Crippen LogP contribution in [0.15, 0.2) is 30.3 Å². The van der Waals surface area contributed by atoms with E-state index in [9.17, 15) is 4.79 Å². The minimum Gasteiger partial charge on any atom is -0.292 e. The lowest BCUT2D eigenvalue weighted by atomic mass is 9.91. The van der Waals surface area contributed by atoms with Crippen LogP contribution in [-0.4, -0.2) is 28.8 Å². The number of hydrogen-bond donors (Lipinski definition) is 0. The van der Waals surface area contributed by atoms with Crippen LogP contribution in [0.4, 0.5) is 0 Å². The predicted octanol–water partition coefficient (Wildman–Crippen LogP) is 3.91. The second-order valence-corrected chi connectivity index (χ2v) is 5.73. The van der Waals surface area contributed by atoms with Crippen molar-refractivity contribution in [1.82, 2.24) is 4.90 Å². The number of rotatable bonds is 4. The van der Waals surface area contributed by atoms with E-state index >= 15 is 0 Å². The number of likely N-dealkylation sites (tertiary alicyclic amines) is 1. The summed E-state index contributed by atoms with van der Waals surface area (Å²) in [5.74, 6) is 0.281. The Bertz CT molecular complexity index is 405. The minimum absolute atomic E-state index is 0.0349. The van der Waals surface area contributed by atoms with E-state index in [1.54, 1.807) is 0 Å². The Hall–Kier alpha value is -1.15. The van der Waals surface area contributed by atoms with Crippen LogP contribution >= 0.6 is 0 Å². The van der Waals surface area contributed by atoms with Crippen LogP contribution in [0.25, 0.3) is 0 Å². The molecule has 1 saturated heterocycles. The van der Waals surface area contributed by atoms with Gasteiger partial charge in [0.2, 0.25) is 0 Å². The van der Waals surface area contributed by atoms with Gasteiger partial charge in [0.25, 0.3) is 0 Å². The first-order valence-electron chi connectivity index (χ1n) is 7.51. The number of Topliss-reactive ketones (excluding diaryl/α,β-unsaturated/α-hetero) is 1. The van der Waals surface area contributed by atoms with E-state index in [1.165, 1.54) is 19.3 Å². The van der Waals surface area contributed by atoms with E-state index in [0.29, 0.717) is 12.1 Å². The Balaban J connectivity index is 2.21. The number of ketones is 1. The van der Waals surface area contributed by atoms with Crippen LogP contribution in [0.2, 0.25) is 0 Å². The molecule has 3 atom stereocenters. The molecule has 1 aliphatic heterocycles. The van der Waals surface area contributed by atoms with Gasteiger partial charge in [-0.25, -0.2) is 0 Å². The van der Waals surface area contributed by atoms with E-state index in [0.717, 1.165) is 12.0 Å². The van der Waals surface area contributed by atoms with Gasteiger partial charge < -0.3 is 0 Å². The number of nitrogens with zero attached hydrogens (tertiary/aromatic N) is 1. The van der Waals surface area contributed by atoms with E-state index < -0.39 is 0 Å². The molecule has 0 N–H and O–H groups in total. The van der Waals surface area contributed by atoms with Gasteiger partial charge in [-0.2, -0.15) is 0 Å². The molecule has 104 valence electrons. The van der Waals surface area contributed by atoms with Crippen molar-refractivity contribution in [3.8, 4) is 0 Å². The molecular formula is C17H25NO. The number of benzene rings is 1. The zero-order valence-corrected chi connectivity index (χ0v) is 12.3. The van der Waals surface area contributed by atoms with Crippen LogP contribution < -0.4 is 0 Å². The Morgan fingerprint density at radius 1 is 1.21 bits per heavy atom. The number of piperidine rings is 1. The summed E-state index contributed by atoms with van der Waals surface area (Å²) in [4.78, 5) is 15.2. The van der Waals surface area contributed by atoms with Crippen LogP contribution in [-0.2, 0) is 0 Å². The second kappa shape index (κ2) is 6.33. The maximum atomic E-state index is 12.7. The standard InChI is InChI=1S/C17H25NO/c1-4-16(17(19)15-11-6-5-7-12-15)18-13(2)9-8-10-14(18)3/h5-7,11-14,16H,4,8-10H2,1-3H3/t13-,14+,16?. The third-order valence-corrected chi connectivity index (χ3v) is 4.37. The number of hydrogen-bond acceptors (Lipinski definition) is 2. The van der Waals surface area contributed by atoms with Crippen molar-refractivity contribution < 1.29 is 4.79 Å². The molecule has 2 nitrogen and oxygen atoms in total. The van der Waals surface area contributed by atoms with Crippen LogP contribution in [0.1, 0.15) is 56.8 Å². The first-order chi connectivity index (χ1) is 9.15. The summed E-state index contributed by atoms with van der Waals surface area (Å²) in [5, 5.41) is 0. The van der Waals surface area contributed by atoms with E-state index in [4.69, 9.17) is 0 Å². The molecule has 0 aliphatic carbocycles. The smallest absolute Gasteiger partial charge is 0.179 e. The molecule has 0 radical (unpaired) electrons. The van der Waals surface area contributed by atoms with Gasteiger partial charge in [-0.05, 0) is 33.1 Å². The zero-order chi connectivity index (χ0) is 13.8. The summed E-state index contributed by atoms with van der Waals surface area (Å²) in [6.07, 6.45) is 4.60. The van der Waals surface area contributed by atoms with Gasteiger partial charge in [0.1, 0.15) is 0 Å². The van der Waals surface area contributed by atoms with Gasteiger partial charge >= 0.3 is 0 Å². The summed E-state index contributed by atoms with van der Waals surface area (Å²) in [6.45, 7) is 6.65. The van der Waals surface area contributed by atoms with Crippen molar-refractivity contribution in [2.45, 2.75) is 64.6 Å². The number of carbonyl (C=O) groups excluding carboxylic acids is 1. The summed E-state index contributed by atoms with van der Waals surface area (Å²) < 4.78 is 0. The van der Waals surface area contributed by atoms with E-state index in [-0.39, 0.29) is 11.8 Å². The summed E-state index contributed by atoms with van der Waals surface area (Å²) >= 11 is 0. The normalized spacial score (nSPS) is 26.1. The first-order valence-corrected chi connectivity index (χ1v) is 7.51. The van der Waals surface area contributed by atoms with Crippen molar-refractivity contribution in [2.75, 3.05) is 0 Å². The third-order valence-electron chi connectivity index (χ3n) is 4.37. The quantitative estimate of drug-likeness (QED) is 0.764. The molecule has 1 fully saturated rings. The van der Waals surface area contributed by atoms with Crippen molar-refractivity contribution in [1.29, 1.82) is 0 Å². The molecule has 1 aromatic rings. The van der Waals surface area contributed by atoms with Gasteiger partial charge in [0.15, 0.2) is 5.78 Å². The highest BCUT2D eigenvalue weighted by Gasteiger charge is 2.34. The van der Waals surface area contributed by atoms with Crippen LogP contribution in [0, 0.1) is 0 Å². The summed E-state index contributed by atoms with van der Waals surface area (Å²) in [6, 6.07) is 10.8. The van der Waals surface area contributed by atoms with Gasteiger partial charge in [-0.15, -0.1) is 0 Å². The Morgan fingerprint density at radius 2 is 1.79 bits per heavy atom. The highest BCUT2D eigenvalue weighted by molar-refractivity contribution is 6.00. The third kappa shape index (κ3) is 3.06.